The molecule has 1 saturated heterocycles. The number of ether oxygens (including phenoxy) is 4. The number of carbonyl (C=O) groups is 1. The van der Waals surface area contributed by atoms with Crippen LogP contribution in [0.1, 0.15) is 24.2 Å². The van der Waals surface area contributed by atoms with Crippen molar-refractivity contribution in [3.63, 3.8) is 0 Å². The van der Waals surface area contributed by atoms with E-state index in [-0.39, 0.29) is 18.1 Å². The Kier molecular flexibility index (Phi) is 10.5. The molecule has 0 saturated carbocycles. The second kappa shape index (κ2) is 12.9. The summed E-state index contributed by atoms with van der Waals surface area (Å²) >= 11 is 0. The first kappa shape index (κ1) is 24.6. The second-order valence-electron chi connectivity index (χ2n) is 7.76. The van der Waals surface area contributed by atoms with E-state index in [0.717, 1.165) is 6.54 Å². The van der Waals surface area contributed by atoms with Crippen molar-refractivity contribution < 1.29 is 28.8 Å². The van der Waals surface area contributed by atoms with E-state index in [1.807, 2.05) is 13.8 Å². The van der Waals surface area contributed by atoms with E-state index in [0.29, 0.717) is 57.3 Å². The third kappa shape index (κ3) is 8.20. The molecule has 30 heavy (non-hydrogen) atoms. The highest BCUT2D eigenvalue weighted by atomic mass is 16.5. The number of amides is 1. The zero-order chi connectivity index (χ0) is 21.9. The third-order valence-electron chi connectivity index (χ3n) is 4.93. The fourth-order valence-corrected chi connectivity index (χ4v) is 3.35. The van der Waals surface area contributed by atoms with Gasteiger partial charge >= 0.3 is 0 Å². The number of nitrogens with zero attached hydrogens (tertiary/aromatic N) is 2. The monoisotopic (exact) mass is 424 g/mol. The first-order valence-electron chi connectivity index (χ1n) is 10.5. The molecular formula is C22H36N2O6. The number of rotatable bonds is 12. The Morgan fingerprint density at radius 3 is 2.67 bits per heavy atom. The molecule has 0 spiro atoms. The summed E-state index contributed by atoms with van der Waals surface area (Å²) in [4.78, 5) is 17.0. The molecule has 1 aliphatic heterocycles. The van der Waals surface area contributed by atoms with Crippen molar-refractivity contribution in [1.29, 1.82) is 0 Å². The lowest BCUT2D eigenvalue weighted by molar-refractivity contribution is -0.0634. The number of benzene rings is 1. The van der Waals surface area contributed by atoms with Crippen LogP contribution in [0.15, 0.2) is 24.3 Å². The van der Waals surface area contributed by atoms with E-state index in [9.17, 15) is 9.90 Å². The highest BCUT2D eigenvalue weighted by molar-refractivity contribution is 5.94. The molecule has 2 rings (SSSR count). The molecule has 0 aromatic heterocycles. The zero-order valence-electron chi connectivity index (χ0n) is 18.6. The molecule has 1 aliphatic rings. The summed E-state index contributed by atoms with van der Waals surface area (Å²) in [5, 5.41) is 10.2. The topological polar surface area (TPSA) is 80.7 Å². The summed E-state index contributed by atoms with van der Waals surface area (Å²) in [6.45, 7) is 8.10. The SMILES string of the molecule is COCCN(CC1CN(CC(O)COC(C)C)CCO1)C(=O)c1ccc(OC)cc1. The van der Waals surface area contributed by atoms with Crippen molar-refractivity contribution >= 4 is 5.91 Å². The summed E-state index contributed by atoms with van der Waals surface area (Å²) in [5.41, 5.74) is 0.598. The van der Waals surface area contributed by atoms with Gasteiger partial charge in [0.15, 0.2) is 0 Å². The van der Waals surface area contributed by atoms with Crippen LogP contribution in [0.5, 0.6) is 5.75 Å². The first-order chi connectivity index (χ1) is 14.4. The van der Waals surface area contributed by atoms with Gasteiger partial charge in [-0.1, -0.05) is 0 Å². The smallest absolute Gasteiger partial charge is 0.254 e. The molecule has 0 radical (unpaired) electrons. The number of hydrogen-bond acceptors (Lipinski definition) is 7. The largest absolute Gasteiger partial charge is 0.497 e. The van der Waals surface area contributed by atoms with Gasteiger partial charge < -0.3 is 29.0 Å². The Morgan fingerprint density at radius 1 is 1.30 bits per heavy atom. The molecule has 2 atom stereocenters. The highest BCUT2D eigenvalue weighted by Crippen LogP contribution is 2.15. The molecule has 2 unspecified atom stereocenters. The van der Waals surface area contributed by atoms with Crippen LogP contribution in [0, 0.1) is 0 Å². The summed E-state index contributed by atoms with van der Waals surface area (Å²) in [6.07, 6.45) is -0.580. The van der Waals surface area contributed by atoms with Crippen molar-refractivity contribution in [2.24, 2.45) is 0 Å². The molecule has 0 aliphatic carbocycles. The van der Waals surface area contributed by atoms with E-state index in [2.05, 4.69) is 4.90 Å². The molecule has 8 nitrogen and oxygen atoms in total. The maximum atomic E-state index is 13.0. The van der Waals surface area contributed by atoms with Gasteiger partial charge in [0.2, 0.25) is 0 Å². The minimum absolute atomic E-state index is 0.0687. The van der Waals surface area contributed by atoms with Crippen LogP contribution >= 0.6 is 0 Å². The molecule has 1 N–H and O–H groups in total. The Morgan fingerprint density at radius 2 is 2.03 bits per heavy atom. The lowest BCUT2D eigenvalue weighted by Crippen LogP contribution is -2.51. The summed E-state index contributed by atoms with van der Waals surface area (Å²) in [5.74, 6) is 0.641. The predicted octanol–water partition coefficient (Wildman–Crippen LogP) is 1.27. The molecular weight excluding hydrogens is 388 g/mol. The summed E-state index contributed by atoms with van der Waals surface area (Å²) in [6, 6.07) is 7.09. The molecule has 8 heteroatoms. The average molecular weight is 425 g/mol. The average Bonchev–Trinajstić information content (AvgIpc) is 2.75. The van der Waals surface area contributed by atoms with Gasteiger partial charge in [-0.2, -0.15) is 0 Å². The van der Waals surface area contributed by atoms with Crippen LogP contribution in [0.25, 0.3) is 0 Å². The van der Waals surface area contributed by atoms with Crippen LogP contribution in [0.2, 0.25) is 0 Å². The number of β-amino-alcohol motifs (C(OH)–C–C–N with tert-alkyl or cyclic N) is 1. The molecule has 1 aromatic rings. The molecule has 1 aromatic carbocycles. The van der Waals surface area contributed by atoms with Gasteiger partial charge in [0.1, 0.15) is 5.75 Å². The van der Waals surface area contributed by atoms with Crippen molar-refractivity contribution in [1.82, 2.24) is 9.80 Å². The van der Waals surface area contributed by atoms with Gasteiger partial charge in [0.25, 0.3) is 5.91 Å². The fraction of sp³-hybridized carbons (Fsp3) is 0.682. The molecule has 1 fully saturated rings. The van der Waals surface area contributed by atoms with E-state index in [1.165, 1.54) is 0 Å². The molecule has 170 valence electrons. The number of aliphatic hydroxyl groups is 1. The normalized spacial score (nSPS) is 18.4. The van der Waals surface area contributed by atoms with E-state index >= 15 is 0 Å². The summed E-state index contributed by atoms with van der Waals surface area (Å²) in [7, 11) is 3.22. The second-order valence-corrected chi connectivity index (χ2v) is 7.76. The van der Waals surface area contributed by atoms with Crippen LogP contribution in [-0.2, 0) is 14.2 Å². The van der Waals surface area contributed by atoms with Crippen molar-refractivity contribution in [2.75, 3.05) is 66.8 Å². The number of morpholine rings is 1. The summed E-state index contributed by atoms with van der Waals surface area (Å²) < 4.78 is 21.8. The van der Waals surface area contributed by atoms with Crippen LogP contribution < -0.4 is 4.74 Å². The highest BCUT2D eigenvalue weighted by Gasteiger charge is 2.26. The number of methoxy groups -OCH3 is 2. The number of hydrogen-bond donors (Lipinski definition) is 1. The van der Waals surface area contributed by atoms with Gasteiger partial charge in [-0.3, -0.25) is 9.69 Å². The molecule has 0 bridgehead atoms. The van der Waals surface area contributed by atoms with Crippen LogP contribution in [-0.4, -0.2) is 106 Å². The quantitative estimate of drug-likeness (QED) is 0.541. The zero-order valence-corrected chi connectivity index (χ0v) is 18.6. The molecule has 1 amide bonds. The predicted molar refractivity (Wildman–Crippen MR) is 114 cm³/mol. The van der Waals surface area contributed by atoms with E-state index in [1.54, 1.807) is 43.4 Å². The van der Waals surface area contributed by atoms with Crippen molar-refractivity contribution in [3.8, 4) is 5.75 Å². The standard InChI is InChI=1S/C22H36N2O6/c1-17(2)30-16-19(25)13-23-9-12-29-21(14-23)15-24(10-11-27-3)22(26)18-5-7-20(28-4)8-6-18/h5-8,17,19,21,25H,9-16H2,1-4H3. The van der Waals surface area contributed by atoms with Crippen LogP contribution in [0.3, 0.4) is 0 Å². The lowest BCUT2D eigenvalue weighted by atomic mass is 10.1. The molecule has 1 heterocycles. The third-order valence-corrected chi connectivity index (χ3v) is 4.93. The van der Waals surface area contributed by atoms with Crippen LogP contribution in [0.4, 0.5) is 0 Å². The Labute approximate surface area is 179 Å². The van der Waals surface area contributed by atoms with Gasteiger partial charge in [0, 0.05) is 45.4 Å². The van der Waals surface area contributed by atoms with E-state index < -0.39 is 6.10 Å². The van der Waals surface area contributed by atoms with E-state index in [4.69, 9.17) is 18.9 Å². The lowest BCUT2D eigenvalue weighted by Gasteiger charge is -2.36. The van der Waals surface area contributed by atoms with Gasteiger partial charge in [0.05, 0.1) is 45.2 Å². The Bertz CT molecular complexity index is 625. The van der Waals surface area contributed by atoms with Gasteiger partial charge in [-0.25, -0.2) is 0 Å². The Balaban J connectivity index is 1.94. The maximum absolute atomic E-state index is 13.0. The minimum atomic E-state index is -0.545. The number of carbonyl (C=O) groups excluding carboxylic acids is 1. The van der Waals surface area contributed by atoms with Gasteiger partial charge in [-0.15, -0.1) is 0 Å². The number of aliphatic hydroxyl groups excluding tert-OH is 1. The van der Waals surface area contributed by atoms with Gasteiger partial charge in [-0.05, 0) is 38.1 Å². The minimum Gasteiger partial charge on any atom is -0.497 e. The maximum Gasteiger partial charge on any atom is 0.254 e. The fourth-order valence-electron chi connectivity index (χ4n) is 3.35. The first-order valence-corrected chi connectivity index (χ1v) is 10.5. The Hall–Kier alpha value is -1.71. The van der Waals surface area contributed by atoms with Crippen molar-refractivity contribution in [2.45, 2.75) is 32.2 Å². The van der Waals surface area contributed by atoms with Crippen molar-refractivity contribution in [3.05, 3.63) is 29.8 Å².